The summed E-state index contributed by atoms with van der Waals surface area (Å²) in [7, 11) is 1.73. The van der Waals surface area contributed by atoms with E-state index < -0.39 is 17.7 Å². The topological polar surface area (TPSA) is 189 Å². The lowest BCUT2D eigenvalue weighted by molar-refractivity contribution is -0.130. The molecule has 1 atom stereocenters. The number of ether oxygens (including phenoxy) is 1. The van der Waals surface area contributed by atoms with Crippen LogP contribution in [-0.2, 0) is 27.8 Å². The molecule has 0 unspecified atom stereocenters. The maximum absolute atomic E-state index is 13.7. The summed E-state index contributed by atoms with van der Waals surface area (Å²) in [5.74, 6) is -0.0581. The summed E-state index contributed by atoms with van der Waals surface area (Å²) in [6.45, 7) is 5.96. The normalized spacial score (nSPS) is 16.7. The fourth-order valence-corrected chi connectivity index (χ4v) is 6.36. The van der Waals surface area contributed by atoms with Gasteiger partial charge in [0.15, 0.2) is 0 Å². The molecule has 0 bridgehead atoms. The number of amides is 3. The number of rotatable bonds is 10. The van der Waals surface area contributed by atoms with E-state index in [0.717, 1.165) is 46.1 Å². The Bertz CT molecular complexity index is 2040. The Balaban J connectivity index is 1.12. The largest absolute Gasteiger partial charge is 0.444 e. The number of hydrogen-bond acceptors (Lipinski definition) is 8. The van der Waals surface area contributed by atoms with Crippen LogP contribution in [0.15, 0.2) is 71.5 Å². The van der Waals surface area contributed by atoms with Crippen LogP contribution in [0.25, 0.3) is 33.5 Å². The molecule has 0 spiro atoms. The molecule has 6 rings (SSSR count). The molecule has 0 aliphatic heterocycles. The number of alkyl carbamates (subject to hydrolysis) is 1. The van der Waals surface area contributed by atoms with Crippen molar-refractivity contribution < 1.29 is 19.1 Å². The van der Waals surface area contributed by atoms with Gasteiger partial charge in [-0.2, -0.15) is 5.21 Å². The van der Waals surface area contributed by atoms with E-state index >= 15 is 0 Å². The maximum Gasteiger partial charge on any atom is 0.407 e. The highest BCUT2D eigenvalue weighted by atomic mass is 16.6. The van der Waals surface area contributed by atoms with Crippen LogP contribution in [0, 0.1) is 11.8 Å². The number of H-pyrrole nitrogens is 2. The molecule has 1 fully saturated rings. The lowest BCUT2D eigenvalue weighted by atomic mass is 9.81. The van der Waals surface area contributed by atoms with Crippen molar-refractivity contribution in [1.82, 2.24) is 40.8 Å². The van der Waals surface area contributed by atoms with Crippen molar-refractivity contribution in [2.45, 2.75) is 64.5 Å². The predicted octanol–water partition coefficient (Wildman–Crippen LogP) is 4.71. The number of carbonyl (C=O) groups excluding carboxylic acids is 3. The Morgan fingerprint density at radius 1 is 0.941 bits per heavy atom. The average Bonchev–Trinajstić information content (AvgIpc) is 3.75. The van der Waals surface area contributed by atoms with Crippen LogP contribution in [0.1, 0.15) is 52.0 Å². The monoisotopic (exact) mass is 693 g/mol. The average molecular weight is 694 g/mol. The van der Waals surface area contributed by atoms with Crippen molar-refractivity contribution in [3.05, 3.63) is 82.8 Å². The van der Waals surface area contributed by atoms with Crippen LogP contribution in [0.3, 0.4) is 0 Å². The van der Waals surface area contributed by atoms with Gasteiger partial charge in [0.1, 0.15) is 11.6 Å². The van der Waals surface area contributed by atoms with Gasteiger partial charge < -0.3 is 25.7 Å². The minimum absolute atomic E-state index is 0.164. The van der Waals surface area contributed by atoms with E-state index in [-0.39, 0.29) is 35.8 Å². The fraction of sp³-hybridized carbons (Fsp3) is 0.378. The molecule has 266 valence electrons. The first-order chi connectivity index (χ1) is 24.4. The molecule has 1 aliphatic rings. The first-order valence-corrected chi connectivity index (χ1v) is 17.1. The standard InChI is InChI=1S/C37H43N9O5/c1-37(2,3)51-36(50)38-21-23-7-11-26(12-8-23)33(47)40-30(34(48)39-28-16-13-25(14-17-28)32-42-44-45-43-32)19-22-5-9-24(10-6-22)27-15-18-29-31(20-27)46(4)35(49)41-29/h5-6,9-10,13-18,20,23,26,30H,7-8,11-12,19,21H2,1-4H3,(H,38,50)(H,39,48)(H,40,47)(H,41,49)(H,42,43,44,45)/t23?,26?,30-/m0/s1. The van der Waals surface area contributed by atoms with Gasteiger partial charge in [0.2, 0.25) is 17.6 Å². The minimum atomic E-state index is -0.836. The van der Waals surface area contributed by atoms with E-state index in [4.69, 9.17) is 4.74 Å². The van der Waals surface area contributed by atoms with Gasteiger partial charge in [-0.1, -0.05) is 30.3 Å². The van der Waals surface area contributed by atoms with Crippen molar-refractivity contribution in [3.8, 4) is 22.5 Å². The number of aromatic amines is 2. The third-order valence-electron chi connectivity index (χ3n) is 9.17. The summed E-state index contributed by atoms with van der Waals surface area (Å²) in [4.78, 5) is 54.4. The second-order valence-electron chi connectivity index (χ2n) is 14.1. The number of anilines is 1. The first kappa shape index (κ1) is 35.1. The van der Waals surface area contributed by atoms with E-state index in [1.807, 2.05) is 63.2 Å². The number of nitrogens with one attached hydrogen (secondary N) is 5. The van der Waals surface area contributed by atoms with Crippen molar-refractivity contribution in [2.24, 2.45) is 18.9 Å². The summed E-state index contributed by atoms with van der Waals surface area (Å²) in [6.07, 6.45) is 2.71. The molecular formula is C37H43N9O5. The highest BCUT2D eigenvalue weighted by molar-refractivity contribution is 5.97. The number of tetrazole rings is 1. The van der Waals surface area contributed by atoms with E-state index in [1.54, 1.807) is 35.9 Å². The molecule has 3 aromatic carbocycles. The van der Waals surface area contributed by atoms with E-state index in [1.165, 1.54) is 0 Å². The smallest absolute Gasteiger partial charge is 0.407 e. The molecule has 5 aromatic rings. The Hall–Kier alpha value is -5.79. The summed E-state index contributed by atoms with van der Waals surface area (Å²) in [5, 5.41) is 22.8. The molecule has 2 heterocycles. The van der Waals surface area contributed by atoms with E-state index in [0.29, 0.717) is 30.9 Å². The first-order valence-electron chi connectivity index (χ1n) is 17.1. The molecule has 5 N–H and O–H groups in total. The van der Waals surface area contributed by atoms with Crippen LogP contribution in [-0.4, -0.2) is 66.3 Å². The van der Waals surface area contributed by atoms with Crippen LogP contribution in [0.5, 0.6) is 0 Å². The predicted molar refractivity (Wildman–Crippen MR) is 193 cm³/mol. The Morgan fingerprint density at radius 2 is 1.63 bits per heavy atom. The van der Waals surface area contributed by atoms with Crippen LogP contribution in [0.4, 0.5) is 10.5 Å². The second-order valence-corrected chi connectivity index (χ2v) is 14.1. The van der Waals surface area contributed by atoms with E-state index in [2.05, 4.69) is 41.6 Å². The SMILES string of the molecule is Cn1c(=O)[nH]c2ccc(-c3ccc(C[C@H](NC(=O)C4CCC(CNC(=O)OC(C)(C)C)CC4)C(=O)Nc4ccc(-c5nn[nH]n5)cc4)cc3)cc21. The van der Waals surface area contributed by atoms with E-state index in [9.17, 15) is 19.2 Å². The van der Waals surface area contributed by atoms with Gasteiger partial charge in [-0.25, -0.2) is 9.59 Å². The van der Waals surface area contributed by atoms with Gasteiger partial charge >= 0.3 is 11.8 Å². The summed E-state index contributed by atoms with van der Waals surface area (Å²) in [5.41, 5.74) is 4.92. The third-order valence-corrected chi connectivity index (χ3v) is 9.17. The maximum atomic E-state index is 13.7. The lowest BCUT2D eigenvalue weighted by Crippen LogP contribution is -2.48. The Labute approximate surface area is 294 Å². The van der Waals surface area contributed by atoms with Gasteiger partial charge in [0.05, 0.1) is 11.0 Å². The van der Waals surface area contributed by atoms with Crippen LogP contribution < -0.4 is 21.6 Å². The molecule has 14 heteroatoms. The summed E-state index contributed by atoms with van der Waals surface area (Å²) >= 11 is 0. The number of carbonyl (C=O) groups is 3. The molecule has 2 aromatic heterocycles. The highest BCUT2D eigenvalue weighted by Crippen LogP contribution is 2.29. The number of aromatic nitrogens is 6. The molecule has 14 nitrogen and oxygen atoms in total. The summed E-state index contributed by atoms with van der Waals surface area (Å²) < 4.78 is 6.92. The highest BCUT2D eigenvalue weighted by Gasteiger charge is 2.30. The van der Waals surface area contributed by atoms with Crippen molar-refractivity contribution in [1.29, 1.82) is 0 Å². The van der Waals surface area contributed by atoms with Crippen LogP contribution >= 0.6 is 0 Å². The third kappa shape index (κ3) is 8.87. The van der Waals surface area contributed by atoms with Crippen molar-refractivity contribution in [2.75, 3.05) is 11.9 Å². The van der Waals surface area contributed by atoms with Crippen LogP contribution in [0.2, 0.25) is 0 Å². The van der Waals surface area contributed by atoms with Gasteiger partial charge in [0.25, 0.3) is 0 Å². The quantitative estimate of drug-likeness (QED) is 0.139. The molecule has 3 amide bonds. The van der Waals surface area contributed by atoms with Crippen molar-refractivity contribution in [3.63, 3.8) is 0 Å². The van der Waals surface area contributed by atoms with Crippen molar-refractivity contribution >= 4 is 34.6 Å². The minimum Gasteiger partial charge on any atom is -0.444 e. The fourth-order valence-electron chi connectivity index (χ4n) is 6.36. The second kappa shape index (κ2) is 15.0. The number of imidazole rings is 1. The Morgan fingerprint density at radius 3 is 2.29 bits per heavy atom. The zero-order chi connectivity index (χ0) is 36.1. The molecule has 1 aliphatic carbocycles. The summed E-state index contributed by atoms with van der Waals surface area (Å²) in [6, 6.07) is 19.9. The number of hydrogen-bond donors (Lipinski definition) is 5. The number of benzene rings is 3. The van der Waals surface area contributed by atoms with Gasteiger partial charge in [-0.3, -0.25) is 14.2 Å². The molecule has 0 radical (unpaired) electrons. The molecule has 1 saturated carbocycles. The van der Waals surface area contributed by atoms with Gasteiger partial charge in [-0.15, -0.1) is 10.2 Å². The zero-order valence-electron chi connectivity index (χ0n) is 29.2. The lowest BCUT2D eigenvalue weighted by Gasteiger charge is -2.29. The molecule has 51 heavy (non-hydrogen) atoms. The number of fused-ring (bicyclic) bond motifs is 1. The van der Waals surface area contributed by atoms with Gasteiger partial charge in [0, 0.05) is 37.2 Å². The Kier molecular flexibility index (Phi) is 10.3. The molecular weight excluding hydrogens is 650 g/mol. The van der Waals surface area contributed by atoms with Gasteiger partial charge in [-0.05, 0) is 111 Å². The molecule has 0 saturated heterocycles. The number of aryl methyl sites for hydroxylation is 1. The number of nitrogens with zero attached hydrogens (tertiary/aromatic N) is 4. The zero-order valence-corrected chi connectivity index (χ0v) is 29.2.